The van der Waals surface area contributed by atoms with E-state index in [4.69, 9.17) is 0 Å². The fourth-order valence-corrected chi connectivity index (χ4v) is 5.04. The highest BCUT2D eigenvalue weighted by Crippen LogP contribution is 2.48. The summed E-state index contributed by atoms with van der Waals surface area (Å²) in [5.74, 6) is 0. The molecule has 0 aromatic heterocycles. The number of halogens is 3. The van der Waals surface area contributed by atoms with Crippen LogP contribution in [0.4, 0.5) is 13.2 Å². The third-order valence-corrected chi connectivity index (χ3v) is 6.27. The van der Waals surface area contributed by atoms with Crippen molar-refractivity contribution in [1.82, 2.24) is 4.90 Å². The van der Waals surface area contributed by atoms with E-state index in [0.29, 0.717) is 18.4 Å². The molecular formula is C22H24F3NO. The normalized spacial score (nSPS) is 28.5. The van der Waals surface area contributed by atoms with Gasteiger partial charge in [-0.2, -0.15) is 13.2 Å². The lowest BCUT2D eigenvalue weighted by molar-refractivity contribution is -0.138. The highest BCUT2D eigenvalue weighted by Gasteiger charge is 2.49. The van der Waals surface area contributed by atoms with Gasteiger partial charge in [0, 0.05) is 18.6 Å². The van der Waals surface area contributed by atoms with Crippen LogP contribution >= 0.6 is 0 Å². The van der Waals surface area contributed by atoms with Crippen molar-refractivity contribution < 1.29 is 18.3 Å². The maximum atomic E-state index is 13.3. The summed E-state index contributed by atoms with van der Waals surface area (Å²) in [6.45, 7) is 2.31. The Balaban J connectivity index is 1.61. The highest BCUT2D eigenvalue weighted by atomic mass is 19.4. The summed E-state index contributed by atoms with van der Waals surface area (Å²) >= 11 is 0. The van der Waals surface area contributed by atoms with Gasteiger partial charge in [0.25, 0.3) is 0 Å². The molecule has 2 nitrogen and oxygen atoms in total. The molecule has 2 aliphatic rings. The standard InChI is InChI=1S/C22H24F3NO/c1-15-19(8-5-9-20(15)22(23,24)25)21(27)12-17-10-11-18(13-21)26(17)14-16-6-3-2-4-7-16/h2-9,17-18,27H,10-14H2,1H3. The largest absolute Gasteiger partial charge is 0.416 e. The predicted octanol–water partition coefficient (Wildman–Crippen LogP) is 5.03. The van der Waals surface area contributed by atoms with E-state index in [1.165, 1.54) is 18.6 Å². The van der Waals surface area contributed by atoms with Gasteiger partial charge in [0.15, 0.2) is 0 Å². The average molecular weight is 375 g/mol. The number of hydrogen-bond acceptors (Lipinski definition) is 2. The van der Waals surface area contributed by atoms with Crippen LogP contribution in [0.2, 0.25) is 0 Å². The molecule has 0 amide bonds. The zero-order chi connectivity index (χ0) is 19.2. The first-order valence-corrected chi connectivity index (χ1v) is 9.47. The summed E-state index contributed by atoms with van der Waals surface area (Å²) in [7, 11) is 0. The number of benzene rings is 2. The van der Waals surface area contributed by atoms with Crippen molar-refractivity contribution in [3.8, 4) is 0 Å². The first-order valence-electron chi connectivity index (χ1n) is 9.47. The van der Waals surface area contributed by atoms with Crippen LogP contribution in [0.3, 0.4) is 0 Å². The van der Waals surface area contributed by atoms with Gasteiger partial charge in [-0.3, -0.25) is 4.90 Å². The second-order valence-electron chi connectivity index (χ2n) is 7.96. The zero-order valence-corrected chi connectivity index (χ0v) is 15.3. The Hall–Kier alpha value is -1.85. The molecule has 1 N–H and O–H groups in total. The monoisotopic (exact) mass is 375 g/mol. The molecule has 2 heterocycles. The van der Waals surface area contributed by atoms with Crippen molar-refractivity contribution in [3.05, 3.63) is 70.8 Å². The number of alkyl halides is 3. The molecule has 2 saturated heterocycles. The second kappa shape index (κ2) is 6.64. The maximum absolute atomic E-state index is 13.3. The fraction of sp³-hybridized carbons (Fsp3) is 0.455. The quantitative estimate of drug-likeness (QED) is 0.813. The lowest BCUT2D eigenvalue weighted by Crippen LogP contribution is -2.49. The summed E-state index contributed by atoms with van der Waals surface area (Å²) in [6.07, 6.45) is -1.46. The van der Waals surface area contributed by atoms with Crippen molar-refractivity contribution in [2.45, 2.75) is 63.0 Å². The van der Waals surface area contributed by atoms with Gasteiger partial charge in [-0.05, 0) is 55.4 Å². The molecule has 4 rings (SSSR count). The van der Waals surface area contributed by atoms with Gasteiger partial charge in [0.2, 0.25) is 0 Å². The lowest BCUT2D eigenvalue weighted by atomic mass is 9.77. The number of hydrogen-bond donors (Lipinski definition) is 1. The van der Waals surface area contributed by atoms with Gasteiger partial charge in [-0.25, -0.2) is 0 Å². The summed E-state index contributed by atoms with van der Waals surface area (Å²) in [6, 6.07) is 14.8. The molecule has 2 fully saturated rings. The molecule has 2 unspecified atom stereocenters. The van der Waals surface area contributed by atoms with Crippen LogP contribution in [0.15, 0.2) is 48.5 Å². The van der Waals surface area contributed by atoms with E-state index in [2.05, 4.69) is 17.0 Å². The number of rotatable bonds is 3. The van der Waals surface area contributed by atoms with Crippen LogP contribution in [-0.2, 0) is 18.3 Å². The van der Waals surface area contributed by atoms with E-state index < -0.39 is 17.3 Å². The first-order chi connectivity index (χ1) is 12.8. The number of aliphatic hydroxyl groups is 1. The molecule has 27 heavy (non-hydrogen) atoms. The van der Waals surface area contributed by atoms with Crippen molar-refractivity contribution in [1.29, 1.82) is 0 Å². The Kier molecular flexibility index (Phi) is 4.55. The molecule has 0 aliphatic carbocycles. The molecule has 2 aromatic rings. The average Bonchev–Trinajstić information content (AvgIpc) is 2.86. The molecular weight excluding hydrogens is 351 g/mol. The van der Waals surface area contributed by atoms with E-state index in [1.54, 1.807) is 6.07 Å². The molecule has 5 heteroatoms. The minimum absolute atomic E-state index is 0.156. The summed E-state index contributed by atoms with van der Waals surface area (Å²) < 4.78 is 39.9. The van der Waals surface area contributed by atoms with Crippen LogP contribution in [0.25, 0.3) is 0 Å². The van der Waals surface area contributed by atoms with Gasteiger partial charge in [-0.15, -0.1) is 0 Å². The summed E-state index contributed by atoms with van der Waals surface area (Å²) in [4.78, 5) is 2.42. The van der Waals surface area contributed by atoms with Crippen molar-refractivity contribution in [2.24, 2.45) is 0 Å². The topological polar surface area (TPSA) is 23.5 Å². The molecule has 144 valence electrons. The minimum Gasteiger partial charge on any atom is -0.385 e. The Bertz CT molecular complexity index is 804. The fourth-order valence-electron chi connectivity index (χ4n) is 5.04. The number of fused-ring (bicyclic) bond motifs is 2. The van der Waals surface area contributed by atoms with Gasteiger partial charge in [0.1, 0.15) is 0 Å². The van der Waals surface area contributed by atoms with E-state index in [9.17, 15) is 18.3 Å². The van der Waals surface area contributed by atoms with Crippen LogP contribution < -0.4 is 0 Å². The van der Waals surface area contributed by atoms with Gasteiger partial charge >= 0.3 is 6.18 Å². The SMILES string of the molecule is Cc1c(C(F)(F)F)cccc1C1(O)CC2CCC(C1)N2Cc1ccccc1. The Morgan fingerprint density at radius 1 is 1.00 bits per heavy atom. The van der Waals surface area contributed by atoms with E-state index in [0.717, 1.165) is 25.5 Å². The molecule has 2 aliphatic heterocycles. The summed E-state index contributed by atoms with van der Waals surface area (Å²) in [5.41, 5.74) is -0.00996. The number of nitrogens with zero attached hydrogens (tertiary/aromatic N) is 1. The second-order valence-corrected chi connectivity index (χ2v) is 7.96. The van der Waals surface area contributed by atoms with E-state index >= 15 is 0 Å². The van der Waals surface area contributed by atoms with Gasteiger partial charge in [0.05, 0.1) is 11.2 Å². The molecule has 0 saturated carbocycles. The van der Waals surface area contributed by atoms with Crippen LogP contribution in [0, 0.1) is 6.92 Å². The minimum atomic E-state index is -4.40. The van der Waals surface area contributed by atoms with E-state index in [-0.39, 0.29) is 17.6 Å². The van der Waals surface area contributed by atoms with Crippen LogP contribution in [0.5, 0.6) is 0 Å². The zero-order valence-electron chi connectivity index (χ0n) is 15.3. The van der Waals surface area contributed by atoms with Crippen LogP contribution in [0.1, 0.15) is 47.9 Å². The molecule has 2 aromatic carbocycles. The third kappa shape index (κ3) is 3.39. The Morgan fingerprint density at radius 3 is 2.22 bits per heavy atom. The van der Waals surface area contributed by atoms with Gasteiger partial charge < -0.3 is 5.11 Å². The Labute approximate surface area is 157 Å². The van der Waals surface area contributed by atoms with Crippen molar-refractivity contribution in [2.75, 3.05) is 0 Å². The smallest absolute Gasteiger partial charge is 0.385 e. The molecule has 2 atom stereocenters. The highest BCUT2D eigenvalue weighted by molar-refractivity contribution is 5.40. The molecule has 0 radical (unpaired) electrons. The number of piperidine rings is 1. The van der Waals surface area contributed by atoms with Crippen LogP contribution in [-0.4, -0.2) is 22.1 Å². The van der Waals surface area contributed by atoms with Gasteiger partial charge in [-0.1, -0.05) is 42.5 Å². The first kappa shape index (κ1) is 18.5. The van der Waals surface area contributed by atoms with Crippen molar-refractivity contribution >= 4 is 0 Å². The summed E-state index contributed by atoms with van der Waals surface area (Å²) in [5, 5.41) is 11.4. The predicted molar refractivity (Wildman–Crippen MR) is 98.1 cm³/mol. The molecule has 0 spiro atoms. The molecule has 2 bridgehead atoms. The Morgan fingerprint density at radius 2 is 1.63 bits per heavy atom. The van der Waals surface area contributed by atoms with Crippen molar-refractivity contribution in [3.63, 3.8) is 0 Å². The lowest BCUT2D eigenvalue weighted by Gasteiger charge is -2.45. The third-order valence-electron chi connectivity index (χ3n) is 6.27. The van der Waals surface area contributed by atoms with E-state index in [1.807, 2.05) is 18.2 Å². The maximum Gasteiger partial charge on any atom is 0.416 e.